The summed E-state index contributed by atoms with van der Waals surface area (Å²) in [7, 11) is 0. The van der Waals surface area contributed by atoms with Crippen molar-refractivity contribution in [2.75, 3.05) is 13.2 Å². The van der Waals surface area contributed by atoms with Gasteiger partial charge in [0.05, 0.1) is 18.6 Å². The molecule has 4 heteroatoms. The maximum atomic E-state index is 10.5. The van der Waals surface area contributed by atoms with E-state index in [2.05, 4.69) is 0 Å². The molecule has 1 heterocycles. The molecule has 11 heavy (non-hydrogen) atoms. The molecule has 0 aromatic heterocycles. The van der Waals surface area contributed by atoms with Crippen LogP contribution in [0.15, 0.2) is 0 Å². The Bertz CT molecular complexity index is 145. The Labute approximate surface area is 64.8 Å². The van der Waals surface area contributed by atoms with Crippen molar-refractivity contribution in [3.05, 3.63) is 0 Å². The molecule has 4 nitrogen and oxygen atoms in total. The molecule has 0 spiro atoms. The Morgan fingerprint density at radius 2 is 2.36 bits per heavy atom. The Hall–Kier alpha value is -0.610. The predicted octanol–water partition coefficient (Wildman–Crippen LogP) is -0.142. The van der Waals surface area contributed by atoms with Crippen LogP contribution in [0.1, 0.15) is 12.8 Å². The second-order valence-electron chi connectivity index (χ2n) is 2.73. The molecule has 0 saturated carbocycles. The Kier molecular flexibility index (Phi) is 2.84. The lowest BCUT2D eigenvalue weighted by Crippen LogP contribution is -2.32. The molecule has 0 aromatic rings. The summed E-state index contributed by atoms with van der Waals surface area (Å²) in [6.45, 7) is 0.367. The molecule has 0 radical (unpaired) electrons. The van der Waals surface area contributed by atoms with E-state index in [0.29, 0.717) is 19.4 Å². The summed E-state index contributed by atoms with van der Waals surface area (Å²) in [4.78, 5) is 10.5. The first kappa shape index (κ1) is 8.49. The van der Waals surface area contributed by atoms with E-state index in [4.69, 9.17) is 14.9 Å². The topological polar surface area (TPSA) is 66.8 Å². The van der Waals surface area contributed by atoms with Gasteiger partial charge in [-0.05, 0) is 12.8 Å². The van der Waals surface area contributed by atoms with E-state index in [1.54, 1.807) is 0 Å². The third-order valence-electron chi connectivity index (χ3n) is 1.92. The molecule has 64 valence electrons. The van der Waals surface area contributed by atoms with Gasteiger partial charge in [-0.25, -0.2) is 0 Å². The zero-order valence-corrected chi connectivity index (χ0v) is 6.19. The van der Waals surface area contributed by atoms with Gasteiger partial charge in [-0.3, -0.25) is 4.79 Å². The second kappa shape index (κ2) is 3.69. The van der Waals surface area contributed by atoms with Crippen molar-refractivity contribution in [1.29, 1.82) is 0 Å². The number of carboxylic acids is 1. The molecule has 1 rings (SSSR count). The fourth-order valence-corrected chi connectivity index (χ4v) is 1.23. The first-order valence-corrected chi connectivity index (χ1v) is 3.69. The summed E-state index contributed by atoms with van der Waals surface area (Å²) in [5.41, 5.74) is 0. The van der Waals surface area contributed by atoms with Crippen molar-refractivity contribution < 1.29 is 19.7 Å². The quantitative estimate of drug-likeness (QED) is 0.590. The fourth-order valence-electron chi connectivity index (χ4n) is 1.23. The van der Waals surface area contributed by atoms with Crippen molar-refractivity contribution >= 4 is 5.97 Å². The molecule has 1 aliphatic heterocycles. The predicted molar refractivity (Wildman–Crippen MR) is 37.2 cm³/mol. The molecular formula is C7H12O4. The lowest BCUT2D eigenvalue weighted by atomic mass is 9.96. The Morgan fingerprint density at radius 3 is 2.91 bits per heavy atom. The van der Waals surface area contributed by atoms with E-state index < -0.39 is 5.97 Å². The van der Waals surface area contributed by atoms with Crippen LogP contribution in [0.3, 0.4) is 0 Å². The third-order valence-corrected chi connectivity index (χ3v) is 1.92. The van der Waals surface area contributed by atoms with Crippen molar-refractivity contribution in [2.24, 2.45) is 5.92 Å². The minimum absolute atomic E-state index is 0.0796. The van der Waals surface area contributed by atoms with Crippen LogP contribution >= 0.6 is 0 Å². The van der Waals surface area contributed by atoms with E-state index in [1.807, 2.05) is 0 Å². The summed E-state index contributed by atoms with van der Waals surface area (Å²) < 4.78 is 5.09. The molecule has 1 fully saturated rings. The number of hydrogen-bond donors (Lipinski definition) is 2. The minimum atomic E-state index is -0.785. The van der Waals surface area contributed by atoms with Gasteiger partial charge >= 0.3 is 5.97 Å². The summed E-state index contributed by atoms with van der Waals surface area (Å²) in [6.07, 6.45) is 0.724. The van der Waals surface area contributed by atoms with Gasteiger partial charge in [0.15, 0.2) is 0 Å². The van der Waals surface area contributed by atoms with E-state index in [-0.39, 0.29) is 18.6 Å². The van der Waals surface area contributed by atoms with Crippen LogP contribution in [0.5, 0.6) is 0 Å². The fraction of sp³-hybridized carbons (Fsp3) is 0.857. The second-order valence-corrected chi connectivity index (χ2v) is 2.73. The summed E-state index contributed by atoms with van der Waals surface area (Å²) in [5.74, 6) is -1.12. The molecule has 1 aliphatic rings. The molecule has 0 bridgehead atoms. The largest absolute Gasteiger partial charge is 0.481 e. The lowest BCUT2D eigenvalue weighted by molar-refractivity contribution is -0.147. The maximum absolute atomic E-state index is 10.5. The van der Waals surface area contributed by atoms with Gasteiger partial charge in [0.2, 0.25) is 0 Å². The number of hydrogen-bond acceptors (Lipinski definition) is 3. The van der Waals surface area contributed by atoms with E-state index >= 15 is 0 Å². The van der Waals surface area contributed by atoms with Crippen molar-refractivity contribution in [3.63, 3.8) is 0 Å². The number of carbonyl (C=O) groups is 1. The van der Waals surface area contributed by atoms with Crippen LogP contribution in [-0.2, 0) is 9.53 Å². The van der Waals surface area contributed by atoms with Crippen LogP contribution in [0, 0.1) is 5.92 Å². The van der Waals surface area contributed by atoms with Crippen molar-refractivity contribution in [3.8, 4) is 0 Å². The van der Waals surface area contributed by atoms with Gasteiger partial charge in [0.25, 0.3) is 0 Å². The van der Waals surface area contributed by atoms with Gasteiger partial charge < -0.3 is 14.9 Å². The monoisotopic (exact) mass is 160 g/mol. The van der Waals surface area contributed by atoms with Gasteiger partial charge in [0.1, 0.15) is 0 Å². The molecule has 0 aromatic carbocycles. The number of aliphatic hydroxyl groups is 1. The highest BCUT2D eigenvalue weighted by atomic mass is 16.5. The van der Waals surface area contributed by atoms with Crippen LogP contribution in [0.25, 0.3) is 0 Å². The number of ether oxygens (including phenoxy) is 1. The van der Waals surface area contributed by atoms with E-state index in [0.717, 1.165) is 0 Å². The normalized spacial score (nSPS) is 31.7. The lowest BCUT2D eigenvalue weighted by Gasteiger charge is -2.25. The van der Waals surface area contributed by atoms with Crippen molar-refractivity contribution in [2.45, 2.75) is 18.9 Å². The third kappa shape index (κ3) is 2.17. The molecule has 0 amide bonds. The molecule has 1 saturated heterocycles. The van der Waals surface area contributed by atoms with E-state index in [9.17, 15) is 4.79 Å². The van der Waals surface area contributed by atoms with Gasteiger partial charge in [-0.2, -0.15) is 0 Å². The first-order valence-electron chi connectivity index (χ1n) is 3.69. The SMILES string of the molecule is O=C(O)C1CCOC(CO)C1. The number of aliphatic hydroxyl groups excluding tert-OH is 1. The average molecular weight is 160 g/mol. The van der Waals surface area contributed by atoms with Gasteiger partial charge in [0, 0.05) is 6.61 Å². The molecular weight excluding hydrogens is 148 g/mol. The summed E-state index contributed by atoms with van der Waals surface area (Å²) >= 11 is 0. The minimum Gasteiger partial charge on any atom is -0.481 e. The van der Waals surface area contributed by atoms with Crippen LogP contribution in [0.2, 0.25) is 0 Å². The van der Waals surface area contributed by atoms with Gasteiger partial charge in [-0.1, -0.05) is 0 Å². The zero-order chi connectivity index (χ0) is 8.27. The highest BCUT2D eigenvalue weighted by Crippen LogP contribution is 2.19. The average Bonchev–Trinajstić information content (AvgIpc) is 2.05. The molecule has 2 N–H and O–H groups in total. The number of carboxylic acid groups (broad SMARTS) is 1. The highest BCUT2D eigenvalue weighted by molar-refractivity contribution is 5.70. The maximum Gasteiger partial charge on any atom is 0.306 e. The zero-order valence-electron chi connectivity index (χ0n) is 6.19. The molecule has 2 unspecified atom stereocenters. The smallest absolute Gasteiger partial charge is 0.306 e. The Balaban J connectivity index is 2.39. The molecule has 2 atom stereocenters. The summed E-state index contributed by atoms with van der Waals surface area (Å²) in [5, 5.41) is 17.3. The van der Waals surface area contributed by atoms with E-state index in [1.165, 1.54) is 0 Å². The number of aliphatic carboxylic acids is 1. The summed E-state index contributed by atoms with van der Waals surface area (Å²) in [6, 6.07) is 0. The van der Waals surface area contributed by atoms with Crippen LogP contribution in [-0.4, -0.2) is 35.5 Å². The highest BCUT2D eigenvalue weighted by Gasteiger charge is 2.26. The van der Waals surface area contributed by atoms with Crippen molar-refractivity contribution in [1.82, 2.24) is 0 Å². The molecule has 0 aliphatic carbocycles. The van der Waals surface area contributed by atoms with Gasteiger partial charge in [-0.15, -0.1) is 0 Å². The Morgan fingerprint density at radius 1 is 1.64 bits per heavy atom. The standard InChI is InChI=1S/C7H12O4/c8-4-6-3-5(7(9)10)1-2-11-6/h5-6,8H,1-4H2,(H,9,10). The number of rotatable bonds is 2. The van der Waals surface area contributed by atoms with Crippen LogP contribution < -0.4 is 0 Å². The first-order chi connectivity index (χ1) is 5.24. The van der Waals surface area contributed by atoms with Crippen LogP contribution in [0.4, 0.5) is 0 Å².